The summed E-state index contributed by atoms with van der Waals surface area (Å²) in [6.45, 7) is 1.78. The fourth-order valence-corrected chi connectivity index (χ4v) is 5.25. The summed E-state index contributed by atoms with van der Waals surface area (Å²) >= 11 is 0. The van der Waals surface area contributed by atoms with E-state index in [1.54, 1.807) is 43.5 Å². The molecular formula is C32H26F2N4O4. The Hall–Kier alpha value is -5.12. The monoisotopic (exact) mass is 568 g/mol. The Labute approximate surface area is 239 Å². The number of fused-ring (bicyclic) bond motifs is 1. The molecule has 10 heteroatoms. The zero-order valence-corrected chi connectivity index (χ0v) is 23.0. The highest BCUT2D eigenvalue weighted by molar-refractivity contribution is 6.12. The smallest absolute Gasteiger partial charge is 0.255 e. The summed E-state index contributed by atoms with van der Waals surface area (Å²) in [5.74, 6) is -1.64. The molecule has 1 fully saturated rings. The molecule has 2 N–H and O–H groups in total. The summed E-state index contributed by atoms with van der Waals surface area (Å²) in [6, 6.07) is 13.6. The molecule has 212 valence electrons. The van der Waals surface area contributed by atoms with Crippen molar-refractivity contribution in [3.8, 4) is 28.2 Å². The maximum Gasteiger partial charge on any atom is 0.255 e. The van der Waals surface area contributed by atoms with Crippen LogP contribution in [0.25, 0.3) is 33.4 Å². The Bertz CT molecular complexity index is 1850. The molecule has 0 radical (unpaired) electrons. The van der Waals surface area contributed by atoms with Crippen LogP contribution in [0.15, 0.2) is 71.5 Å². The first kappa shape index (κ1) is 27.1. The molecule has 0 saturated heterocycles. The molecule has 0 aliphatic heterocycles. The fraction of sp³-hybridized carbons (Fsp3) is 0.188. The van der Waals surface area contributed by atoms with Crippen molar-refractivity contribution in [3.05, 3.63) is 101 Å². The van der Waals surface area contributed by atoms with Gasteiger partial charge in [0.25, 0.3) is 11.8 Å². The number of methoxy groups -OCH3 is 1. The van der Waals surface area contributed by atoms with Gasteiger partial charge in [0, 0.05) is 24.4 Å². The van der Waals surface area contributed by atoms with Gasteiger partial charge in [-0.05, 0) is 85.5 Å². The van der Waals surface area contributed by atoms with Crippen molar-refractivity contribution in [2.75, 3.05) is 14.2 Å². The summed E-state index contributed by atoms with van der Waals surface area (Å²) in [5.41, 5.74) is 2.17. The van der Waals surface area contributed by atoms with Gasteiger partial charge in [-0.1, -0.05) is 0 Å². The van der Waals surface area contributed by atoms with Crippen molar-refractivity contribution in [1.29, 1.82) is 0 Å². The maximum atomic E-state index is 16.5. The molecule has 5 aromatic rings. The summed E-state index contributed by atoms with van der Waals surface area (Å²) in [4.78, 5) is 34.9. The van der Waals surface area contributed by atoms with Crippen molar-refractivity contribution >= 4 is 22.8 Å². The van der Waals surface area contributed by atoms with E-state index in [4.69, 9.17) is 9.15 Å². The second-order valence-corrected chi connectivity index (χ2v) is 10.2. The Morgan fingerprint density at radius 2 is 1.76 bits per heavy atom. The minimum absolute atomic E-state index is 0.0110. The van der Waals surface area contributed by atoms with Crippen LogP contribution in [0.3, 0.4) is 0 Å². The minimum Gasteiger partial charge on any atom is -0.496 e. The van der Waals surface area contributed by atoms with E-state index in [1.165, 1.54) is 44.8 Å². The van der Waals surface area contributed by atoms with E-state index in [0.717, 1.165) is 12.8 Å². The van der Waals surface area contributed by atoms with Crippen LogP contribution in [-0.2, 0) is 5.54 Å². The highest BCUT2D eigenvalue weighted by Gasteiger charge is 2.47. The molecule has 0 atom stereocenters. The van der Waals surface area contributed by atoms with Crippen molar-refractivity contribution in [2.24, 2.45) is 0 Å². The standard InChI is InChI=1S/C32H26F2N4O4/c1-17-14-24(41-3)22(30(39)38-32(11-12-32)25-10-13-36-16-37-25)15-21(17)20-8-9-23-26(28(20)34)27(31(40)35-2)29(42-23)18-4-6-19(33)7-5-18/h4-10,13-16H,11-12H2,1-3H3,(H,35,40)(H,38,39). The molecule has 2 amide bonds. The average Bonchev–Trinajstić information content (AvgIpc) is 3.68. The van der Waals surface area contributed by atoms with E-state index in [1.807, 2.05) is 0 Å². The van der Waals surface area contributed by atoms with E-state index in [0.29, 0.717) is 28.1 Å². The number of rotatable bonds is 7. The Morgan fingerprint density at radius 1 is 1.00 bits per heavy atom. The lowest BCUT2D eigenvalue weighted by atomic mass is 9.94. The lowest BCUT2D eigenvalue weighted by molar-refractivity contribution is 0.0925. The first-order valence-electron chi connectivity index (χ1n) is 13.3. The quantitative estimate of drug-likeness (QED) is 0.252. The number of furan rings is 1. The van der Waals surface area contributed by atoms with Gasteiger partial charge in [0.15, 0.2) is 0 Å². The molecule has 1 aliphatic carbocycles. The number of ether oxygens (including phenoxy) is 1. The summed E-state index contributed by atoms with van der Waals surface area (Å²) in [5, 5.41) is 5.60. The average molecular weight is 569 g/mol. The van der Waals surface area contributed by atoms with Crippen LogP contribution in [0, 0.1) is 18.6 Å². The number of amides is 2. The number of benzene rings is 3. The highest BCUT2D eigenvalue weighted by atomic mass is 19.1. The normalized spacial score (nSPS) is 13.5. The molecule has 1 saturated carbocycles. The fourth-order valence-electron chi connectivity index (χ4n) is 5.25. The van der Waals surface area contributed by atoms with Gasteiger partial charge >= 0.3 is 0 Å². The van der Waals surface area contributed by atoms with Crippen molar-refractivity contribution in [1.82, 2.24) is 20.6 Å². The zero-order valence-electron chi connectivity index (χ0n) is 23.0. The lowest BCUT2D eigenvalue weighted by Gasteiger charge is -2.19. The number of carbonyl (C=O) groups is 2. The van der Waals surface area contributed by atoms with Crippen molar-refractivity contribution in [2.45, 2.75) is 25.3 Å². The number of aryl methyl sites for hydroxylation is 1. The number of nitrogens with one attached hydrogen (secondary N) is 2. The largest absolute Gasteiger partial charge is 0.496 e. The number of halogens is 2. The molecule has 0 unspecified atom stereocenters. The SMILES string of the molecule is CNC(=O)c1c(-c2ccc(F)cc2)oc2ccc(-c3cc(C(=O)NC4(c5ccncn5)CC4)c(OC)cc3C)c(F)c12. The predicted molar refractivity (Wildman–Crippen MR) is 152 cm³/mol. The molecular weight excluding hydrogens is 542 g/mol. The van der Waals surface area contributed by atoms with Gasteiger partial charge in [0.2, 0.25) is 0 Å². The molecule has 0 bridgehead atoms. The number of hydrogen-bond donors (Lipinski definition) is 2. The first-order valence-corrected chi connectivity index (χ1v) is 13.3. The number of aromatic nitrogens is 2. The Kier molecular flexibility index (Phi) is 6.68. The van der Waals surface area contributed by atoms with Gasteiger partial charge in [0.1, 0.15) is 35.1 Å². The molecule has 2 aromatic heterocycles. The molecule has 0 spiro atoms. The second-order valence-electron chi connectivity index (χ2n) is 10.2. The Morgan fingerprint density at radius 3 is 2.40 bits per heavy atom. The predicted octanol–water partition coefficient (Wildman–Crippen LogP) is 5.93. The topological polar surface area (TPSA) is 106 Å². The second kappa shape index (κ2) is 10.4. The molecule has 8 nitrogen and oxygen atoms in total. The maximum absolute atomic E-state index is 16.5. The van der Waals surface area contributed by atoms with Gasteiger partial charge < -0.3 is 19.8 Å². The van der Waals surface area contributed by atoms with E-state index in [-0.39, 0.29) is 33.4 Å². The number of nitrogens with zero attached hydrogens (tertiary/aromatic N) is 2. The van der Waals surface area contributed by atoms with Crippen molar-refractivity contribution < 1.29 is 27.5 Å². The van der Waals surface area contributed by atoms with Crippen LogP contribution in [0.1, 0.15) is 44.8 Å². The minimum atomic E-state index is -0.692. The summed E-state index contributed by atoms with van der Waals surface area (Å²) in [7, 11) is 2.90. The lowest BCUT2D eigenvalue weighted by Crippen LogP contribution is -2.35. The van der Waals surface area contributed by atoms with Crippen LogP contribution in [-0.4, -0.2) is 35.9 Å². The van der Waals surface area contributed by atoms with Gasteiger partial charge in [-0.15, -0.1) is 0 Å². The van der Waals surface area contributed by atoms with Crippen molar-refractivity contribution in [3.63, 3.8) is 0 Å². The molecule has 1 aliphatic rings. The molecule has 2 heterocycles. The third kappa shape index (κ3) is 4.54. The van der Waals surface area contributed by atoms with Crippen LogP contribution < -0.4 is 15.4 Å². The third-order valence-electron chi connectivity index (χ3n) is 7.61. The van der Waals surface area contributed by atoms with Crippen LogP contribution in [0.2, 0.25) is 0 Å². The molecule has 3 aromatic carbocycles. The van der Waals surface area contributed by atoms with Gasteiger partial charge in [-0.2, -0.15) is 0 Å². The number of carbonyl (C=O) groups excluding carboxylic acids is 2. The van der Waals surface area contributed by atoms with Crippen LogP contribution >= 0.6 is 0 Å². The van der Waals surface area contributed by atoms with Crippen LogP contribution in [0.4, 0.5) is 8.78 Å². The molecule has 6 rings (SSSR count). The highest BCUT2D eigenvalue weighted by Crippen LogP contribution is 2.45. The molecule has 42 heavy (non-hydrogen) atoms. The van der Waals surface area contributed by atoms with E-state index in [9.17, 15) is 14.0 Å². The summed E-state index contributed by atoms with van der Waals surface area (Å²) < 4.78 is 41.5. The van der Waals surface area contributed by atoms with Crippen LogP contribution in [0.5, 0.6) is 5.75 Å². The summed E-state index contributed by atoms with van der Waals surface area (Å²) in [6.07, 6.45) is 4.51. The first-order chi connectivity index (χ1) is 20.3. The van der Waals surface area contributed by atoms with E-state index < -0.39 is 29.0 Å². The van der Waals surface area contributed by atoms with Gasteiger partial charge in [0.05, 0.1) is 34.9 Å². The van der Waals surface area contributed by atoms with Gasteiger partial charge in [-0.3, -0.25) is 9.59 Å². The zero-order chi connectivity index (χ0) is 29.6. The van der Waals surface area contributed by atoms with E-state index >= 15 is 4.39 Å². The van der Waals surface area contributed by atoms with E-state index in [2.05, 4.69) is 20.6 Å². The third-order valence-corrected chi connectivity index (χ3v) is 7.61. The Balaban J connectivity index is 1.47. The number of hydrogen-bond acceptors (Lipinski definition) is 6. The van der Waals surface area contributed by atoms with Gasteiger partial charge in [-0.25, -0.2) is 18.7 Å².